The Morgan fingerprint density at radius 2 is 1.96 bits per heavy atom. The summed E-state index contributed by atoms with van der Waals surface area (Å²) in [5.74, 6) is 2.56. The van der Waals surface area contributed by atoms with Gasteiger partial charge in [0, 0.05) is 26.1 Å². The number of fused-ring (bicyclic) bond motifs is 2. The lowest BCUT2D eigenvalue weighted by atomic mass is 9.96. The van der Waals surface area contributed by atoms with Crippen molar-refractivity contribution < 1.29 is 0 Å². The van der Waals surface area contributed by atoms with Crippen LogP contribution in [-0.4, -0.2) is 42.8 Å². The van der Waals surface area contributed by atoms with Crippen molar-refractivity contribution >= 4 is 27.9 Å². The number of hydrogen-bond donors (Lipinski definition) is 1. The third-order valence-corrected chi connectivity index (χ3v) is 5.10. The summed E-state index contributed by atoms with van der Waals surface area (Å²) in [4.78, 5) is 19.4. The zero-order valence-corrected chi connectivity index (χ0v) is 14.1. The van der Waals surface area contributed by atoms with Gasteiger partial charge in [0.15, 0.2) is 5.65 Å². The van der Waals surface area contributed by atoms with Crippen molar-refractivity contribution in [3.8, 4) is 0 Å². The minimum Gasteiger partial charge on any atom is -0.356 e. The van der Waals surface area contributed by atoms with Gasteiger partial charge in [0.1, 0.15) is 18.0 Å². The molecule has 4 heterocycles. The van der Waals surface area contributed by atoms with Crippen LogP contribution in [0.25, 0.3) is 22.1 Å². The van der Waals surface area contributed by atoms with Gasteiger partial charge in [-0.05, 0) is 25.0 Å². The minimum absolute atomic E-state index is 0.467. The van der Waals surface area contributed by atoms with Crippen LogP contribution in [0, 0.1) is 0 Å². The largest absolute Gasteiger partial charge is 0.356 e. The van der Waals surface area contributed by atoms with Gasteiger partial charge in [0.2, 0.25) is 0 Å². The van der Waals surface area contributed by atoms with Crippen molar-refractivity contribution in [1.29, 1.82) is 0 Å². The smallest absolute Gasteiger partial charge is 0.163 e. The number of H-pyrrole nitrogens is 1. The number of aromatic nitrogens is 6. The Hall–Kier alpha value is -2.96. The molecule has 0 atom stereocenters. The van der Waals surface area contributed by atoms with E-state index >= 15 is 0 Å². The van der Waals surface area contributed by atoms with E-state index in [1.54, 1.807) is 11.0 Å². The first-order valence-electron chi connectivity index (χ1n) is 8.62. The molecule has 0 radical (unpaired) electrons. The molecule has 1 fully saturated rings. The monoisotopic (exact) mass is 333 g/mol. The van der Waals surface area contributed by atoms with E-state index in [-0.39, 0.29) is 0 Å². The summed E-state index contributed by atoms with van der Waals surface area (Å²) in [5, 5.41) is 5.33. The molecule has 0 amide bonds. The molecule has 126 valence electrons. The molecule has 0 aliphatic carbocycles. The maximum atomic E-state index is 4.77. The predicted molar refractivity (Wildman–Crippen MR) is 96.6 cm³/mol. The maximum Gasteiger partial charge on any atom is 0.163 e. The number of anilines is 1. The van der Waals surface area contributed by atoms with E-state index in [2.05, 4.69) is 37.1 Å². The topological polar surface area (TPSA) is 75.5 Å². The average molecular weight is 333 g/mol. The number of hydrogen-bond acceptors (Lipinski definition) is 5. The Labute approximate surface area is 144 Å². The van der Waals surface area contributed by atoms with E-state index in [1.165, 1.54) is 0 Å². The van der Waals surface area contributed by atoms with Crippen molar-refractivity contribution in [1.82, 2.24) is 29.7 Å². The van der Waals surface area contributed by atoms with Gasteiger partial charge in [-0.3, -0.25) is 4.68 Å². The number of piperidine rings is 1. The lowest BCUT2D eigenvalue weighted by Gasteiger charge is -2.32. The van der Waals surface area contributed by atoms with Crippen molar-refractivity contribution in [2.45, 2.75) is 18.8 Å². The molecule has 1 N–H and O–H groups in total. The van der Waals surface area contributed by atoms with Gasteiger partial charge >= 0.3 is 0 Å². The van der Waals surface area contributed by atoms with Gasteiger partial charge < -0.3 is 9.88 Å². The first kappa shape index (κ1) is 14.4. The second-order valence-electron chi connectivity index (χ2n) is 6.60. The quantitative estimate of drug-likeness (QED) is 0.610. The molecule has 7 nitrogen and oxygen atoms in total. The fourth-order valence-electron chi connectivity index (χ4n) is 3.73. The number of benzene rings is 1. The number of aryl methyl sites for hydroxylation is 1. The summed E-state index contributed by atoms with van der Waals surface area (Å²) in [6.45, 7) is 1.92. The van der Waals surface area contributed by atoms with E-state index < -0.39 is 0 Å². The lowest BCUT2D eigenvalue weighted by Crippen LogP contribution is -2.33. The number of imidazole rings is 1. The second-order valence-corrected chi connectivity index (χ2v) is 6.60. The number of para-hydroxylation sites is 2. The van der Waals surface area contributed by atoms with Crippen LogP contribution < -0.4 is 4.90 Å². The summed E-state index contributed by atoms with van der Waals surface area (Å²) in [5.41, 5.74) is 3.05. The van der Waals surface area contributed by atoms with Crippen LogP contribution in [0.2, 0.25) is 0 Å². The fourth-order valence-corrected chi connectivity index (χ4v) is 3.73. The Morgan fingerprint density at radius 1 is 1.12 bits per heavy atom. The van der Waals surface area contributed by atoms with Crippen molar-refractivity contribution in [2.24, 2.45) is 7.05 Å². The van der Waals surface area contributed by atoms with Gasteiger partial charge in [0.05, 0.1) is 22.6 Å². The van der Waals surface area contributed by atoms with Crippen molar-refractivity contribution in [3.05, 3.63) is 42.6 Å². The zero-order valence-electron chi connectivity index (χ0n) is 14.1. The molecule has 0 bridgehead atoms. The highest BCUT2D eigenvalue weighted by Gasteiger charge is 2.25. The molecule has 5 rings (SSSR count). The normalized spacial score (nSPS) is 16.1. The summed E-state index contributed by atoms with van der Waals surface area (Å²) >= 11 is 0. The Morgan fingerprint density at radius 3 is 2.80 bits per heavy atom. The molecule has 1 aliphatic rings. The van der Waals surface area contributed by atoms with Gasteiger partial charge in [-0.25, -0.2) is 15.0 Å². The highest BCUT2D eigenvalue weighted by Crippen LogP contribution is 2.31. The second kappa shape index (κ2) is 5.54. The molecule has 0 unspecified atom stereocenters. The highest BCUT2D eigenvalue weighted by atomic mass is 15.3. The van der Waals surface area contributed by atoms with E-state index in [0.29, 0.717) is 5.92 Å². The van der Waals surface area contributed by atoms with Gasteiger partial charge in [-0.2, -0.15) is 5.10 Å². The molecule has 7 heteroatoms. The molecule has 3 aromatic heterocycles. The van der Waals surface area contributed by atoms with Crippen LogP contribution >= 0.6 is 0 Å². The van der Waals surface area contributed by atoms with Gasteiger partial charge in [-0.1, -0.05) is 12.1 Å². The van der Waals surface area contributed by atoms with Crippen molar-refractivity contribution in [3.63, 3.8) is 0 Å². The summed E-state index contributed by atoms with van der Waals surface area (Å²) < 4.78 is 1.79. The summed E-state index contributed by atoms with van der Waals surface area (Å²) in [7, 11) is 1.91. The molecular weight excluding hydrogens is 314 g/mol. The molecule has 1 aliphatic heterocycles. The third kappa shape index (κ3) is 2.34. The van der Waals surface area contributed by atoms with E-state index in [1.807, 2.05) is 25.4 Å². The first-order chi connectivity index (χ1) is 12.3. The standard InChI is InChI=1S/C18H19N7/c1-24-17-13(10-21-24)18(20-11-19-17)25-8-6-12(7-9-25)16-22-14-4-2-3-5-15(14)23-16/h2-5,10-12H,6-9H2,1H3,(H,22,23). The Bertz CT molecular complexity index is 1010. The van der Waals surface area contributed by atoms with Crippen LogP contribution in [0.5, 0.6) is 0 Å². The van der Waals surface area contributed by atoms with E-state index in [0.717, 1.165) is 59.6 Å². The zero-order chi connectivity index (χ0) is 16.8. The van der Waals surface area contributed by atoms with Crippen LogP contribution in [-0.2, 0) is 7.05 Å². The van der Waals surface area contributed by atoms with Crippen LogP contribution in [0.15, 0.2) is 36.8 Å². The number of aromatic amines is 1. The first-order valence-corrected chi connectivity index (χ1v) is 8.62. The highest BCUT2D eigenvalue weighted by molar-refractivity contribution is 5.86. The number of rotatable bonds is 2. The average Bonchev–Trinajstić information content (AvgIpc) is 3.26. The van der Waals surface area contributed by atoms with E-state index in [4.69, 9.17) is 4.98 Å². The van der Waals surface area contributed by atoms with Crippen molar-refractivity contribution in [2.75, 3.05) is 18.0 Å². The minimum atomic E-state index is 0.467. The molecule has 1 saturated heterocycles. The number of nitrogens with one attached hydrogen (secondary N) is 1. The molecule has 0 spiro atoms. The predicted octanol–water partition coefficient (Wildman–Crippen LogP) is 2.62. The SMILES string of the molecule is Cn1ncc2c(N3CCC(c4nc5ccccc5[nH]4)CC3)ncnc21. The molecule has 25 heavy (non-hydrogen) atoms. The van der Waals surface area contributed by atoms with Crippen LogP contribution in [0.4, 0.5) is 5.82 Å². The molecule has 0 saturated carbocycles. The Kier molecular flexibility index (Phi) is 3.19. The molecule has 1 aromatic carbocycles. The summed E-state index contributed by atoms with van der Waals surface area (Å²) in [6.07, 6.45) is 5.61. The van der Waals surface area contributed by atoms with Gasteiger partial charge in [0.25, 0.3) is 0 Å². The number of nitrogens with zero attached hydrogens (tertiary/aromatic N) is 6. The molecule has 4 aromatic rings. The van der Waals surface area contributed by atoms with Crippen LogP contribution in [0.3, 0.4) is 0 Å². The Balaban J connectivity index is 1.38. The van der Waals surface area contributed by atoms with Gasteiger partial charge in [-0.15, -0.1) is 0 Å². The third-order valence-electron chi connectivity index (χ3n) is 5.10. The maximum absolute atomic E-state index is 4.77. The van der Waals surface area contributed by atoms with Crippen LogP contribution in [0.1, 0.15) is 24.6 Å². The molecular formula is C18H19N7. The lowest BCUT2D eigenvalue weighted by molar-refractivity contribution is 0.488. The van der Waals surface area contributed by atoms with E-state index in [9.17, 15) is 0 Å². The summed E-state index contributed by atoms with van der Waals surface area (Å²) in [6, 6.07) is 8.22. The fraction of sp³-hybridized carbons (Fsp3) is 0.333.